The Hall–Kier alpha value is -4.74. The maximum absolute atomic E-state index is 12.9. The standard InChI is InChI=1S/C30H31ClN6O5/c1-4-28(38)35-19(2)30(39)37-25-15-22-24(16-27(25)41-13-7-12-40-3)33-18-34-29(22)36-20-9-10-26(23(31)14-20)42-17-21-8-5-6-11-32-21/h4-6,8-11,14-16,18-19H,1,7,12-13,17H2,2-3H3,(H,35,38)(H,37,39)(H,33,34,36). The number of methoxy groups -OCH3 is 1. The summed E-state index contributed by atoms with van der Waals surface area (Å²) in [7, 11) is 1.61. The number of carbonyl (C=O) groups is 2. The van der Waals surface area contributed by atoms with Crippen LogP contribution < -0.4 is 25.4 Å². The molecule has 1 unspecified atom stereocenters. The van der Waals surface area contributed by atoms with E-state index in [-0.39, 0.29) is 6.61 Å². The Bertz CT molecular complexity index is 1550. The Morgan fingerprint density at radius 2 is 1.90 bits per heavy atom. The second kappa shape index (κ2) is 14.8. The molecule has 0 aliphatic carbocycles. The number of amides is 2. The van der Waals surface area contributed by atoms with Crippen molar-refractivity contribution in [1.82, 2.24) is 20.3 Å². The van der Waals surface area contributed by atoms with Crippen molar-refractivity contribution < 1.29 is 23.8 Å². The smallest absolute Gasteiger partial charge is 0.246 e. The fourth-order valence-corrected chi connectivity index (χ4v) is 4.07. The van der Waals surface area contributed by atoms with Gasteiger partial charge in [0, 0.05) is 43.5 Å². The molecule has 0 aliphatic heterocycles. The number of nitrogens with one attached hydrogen (secondary N) is 3. The minimum absolute atomic E-state index is 0.282. The molecule has 0 radical (unpaired) electrons. The number of nitrogens with zero attached hydrogens (tertiary/aromatic N) is 3. The van der Waals surface area contributed by atoms with Gasteiger partial charge < -0.3 is 30.2 Å². The van der Waals surface area contributed by atoms with Crippen LogP contribution in [0.3, 0.4) is 0 Å². The van der Waals surface area contributed by atoms with Gasteiger partial charge in [-0.25, -0.2) is 9.97 Å². The number of rotatable bonds is 14. The highest BCUT2D eigenvalue weighted by atomic mass is 35.5. The number of ether oxygens (including phenoxy) is 3. The predicted molar refractivity (Wildman–Crippen MR) is 161 cm³/mol. The first-order valence-electron chi connectivity index (χ1n) is 13.1. The van der Waals surface area contributed by atoms with Gasteiger partial charge in [0.1, 0.15) is 36.3 Å². The largest absolute Gasteiger partial charge is 0.491 e. The van der Waals surface area contributed by atoms with Gasteiger partial charge in [0.2, 0.25) is 11.8 Å². The van der Waals surface area contributed by atoms with Crippen molar-refractivity contribution in [3.8, 4) is 11.5 Å². The second-order valence-electron chi connectivity index (χ2n) is 9.09. The van der Waals surface area contributed by atoms with E-state index >= 15 is 0 Å². The monoisotopic (exact) mass is 590 g/mol. The zero-order chi connectivity index (χ0) is 29.9. The molecule has 2 amide bonds. The van der Waals surface area contributed by atoms with Crippen molar-refractivity contribution in [2.24, 2.45) is 0 Å². The highest BCUT2D eigenvalue weighted by molar-refractivity contribution is 6.32. The molecule has 0 saturated heterocycles. The molecule has 0 fully saturated rings. The molecule has 2 aromatic heterocycles. The zero-order valence-corrected chi connectivity index (χ0v) is 24.0. The molecular weight excluding hydrogens is 560 g/mol. The molecule has 11 nitrogen and oxygen atoms in total. The Balaban J connectivity index is 1.58. The summed E-state index contributed by atoms with van der Waals surface area (Å²) in [5.74, 6) is 0.506. The number of anilines is 3. The lowest BCUT2D eigenvalue weighted by Gasteiger charge is -2.18. The van der Waals surface area contributed by atoms with E-state index in [0.717, 1.165) is 11.8 Å². The summed E-state index contributed by atoms with van der Waals surface area (Å²) in [6.07, 6.45) is 4.88. The van der Waals surface area contributed by atoms with Gasteiger partial charge in [-0.3, -0.25) is 14.6 Å². The number of hydrogen-bond acceptors (Lipinski definition) is 9. The van der Waals surface area contributed by atoms with Crippen LogP contribution in [0, 0.1) is 0 Å². The molecule has 2 heterocycles. The zero-order valence-electron chi connectivity index (χ0n) is 23.2. The van der Waals surface area contributed by atoms with Gasteiger partial charge in [-0.2, -0.15) is 0 Å². The SMILES string of the molecule is C=CC(=O)NC(C)C(=O)Nc1cc2c(Nc3ccc(OCc4ccccn4)c(Cl)c3)ncnc2cc1OCCCOC. The quantitative estimate of drug-likeness (QED) is 0.136. The summed E-state index contributed by atoms with van der Waals surface area (Å²) in [5, 5.41) is 9.67. The molecule has 0 aliphatic rings. The molecule has 1 atom stereocenters. The van der Waals surface area contributed by atoms with Crippen molar-refractivity contribution in [3.05, 3.63) is 84.4 Å². The number of pyridine rings is 1. The van der Waals surface area contributed by atoms with E-state index in [1.54, 1.807) is 44.5 Å². The van der Waals surface area contributed by atoms with E-state index in [4.69, 9.17) is 25.8 Å². The van der Waals surface area contributed by atoms with Crippen LogP contribution in [0.1, 0.15) is 19.0 Å². The molecule has 42 heavy (non-hydrogen) atoms. The fourth-order valence-electron chi connectivity index (χ4n) is 3.83. The molecule has 0 spiro atoms. The normalized spacial score (nSPS) is 11.4. The van der Waals surface area contributed by atoms with Crippen LogP contribution in [0.15, 0.2) is 73.7 Å². The highest BCUT2D eigenvalue weighted by Crippen LogP contribution is 2.35. The first kappa shape index (κ1) is 30.2. The summed E-state index contributed by atoms with van der Waals surface area (Å²) in [6, 6.07) is 13.5. The lowest BCUT2D eigenvalue weighted by atomic mass is 10.1. The summed E-state index contributed by atoms with van der Waals surface area (Å²) in [5.41, 5.74) is 2.42. The Morgan fingerprint density at radius 3 is 2.64 bits per heavy atom. The van der Waals surface area contributed by atoms with Crippen LogP contribution in [-0.2, 0) is 20.9 Å². The van der Waals surface area contributed by atoms with Gasteiger partial charge in [0.25, 0.3) is 0 Å². The van der Waals surface area contributed by atoms with E-state index in [1.165, 1.54) is 6.33 Å². The third-order valence-corrected chi connectivity index (χ3v) is 6.27. The highest BCUT2D eigenvalue weighted by Gasteiger charge is 2.19. The Morgan fingerprint density at radius 1 is 1.05 bits per heavy atom. The van der Waals surface area contributed by atoms with Crippen molar-refractivity contribution in [2.45, 2.75) is 26.0 Å². The minimum atomic E-state index is -0.822. The van der Waals surface area contributed by atoms with Crippen molar-refractivity contribution in [2.75, 3.05) is 31.0 Å². The lowest BCUT2D eigenvalue weighted by Crippen LogP contribution is -2.40. The van der Waals surface area contributed by atoms with Crippen LogP contribution in [-0.4, -0.2) is 53.1 Å². The Labute approximate surface area is 248 Å². The molecule has 0 saturated carbocycles. The van der Waals surface area contributed by atoms with E-state index in [1.807, 2.05) is 24.3 Å². The van der Waals surface area contributed by atoms with Crippen LogP contribution >= 0.6 is 11.6 Å². The third-order valence-electron chi connectivity index (χ3n) is 5.98. The summed E-state index contributed by atoms with van der Waals surface area (Å²) in [6.45, 7) is 6.14. The van der Waals surface area contributed by atoms with E-state index in [0.29, 0.717) is 64.3 Å². The van der Waals surface area contributed by atoms with Crippen LogP contribution in [0.2, 0.25) is 5.02 Å². The van der Waals surface area contributed by atoms with E-state index < -0.39 is 17.9 Å². The average molecular weight is 591 g/mol. The number of aromatic nitrogens is 3. The number of halogens is 1. The van der Waals surface area contributed by atoms with Gasteiger partial charge in [-0.15, -0.1) is 0 Å². The number of fused-ring (bicyclic) bond motifs is 1. The van der Waals surface area contributed by atoms with Gasteiger partial charge >= 0.3 is 0 Å². The van der Waals surface area contributed by atoms with Crippen molar-refractivity contribution in [1.29, 1.82) is 0 Å². The van der Waals surface area contributed by atoms with Crippen LogP contribution in [0.4, 0.5) is 17.2 Å². The molecule has 0 bridgehead atoms. The van der Waals surface area contributed by atoms with E-state index in [9.17, 15) is 9.59 Å². The van der Waals surface area contributed by atoms with Crippen LogP contribution in [0.5, 0.6) is 11.5 Å². The summed E-state index contributed by atoms with van der Waals surface area (Å²) >= 11 is 6.50. The van der Waals surface area contributed by atoms with E-state index in [2.05, 4.69) is 37.5 Å². The Kier molecular flexibility index (Phi) is 10.6. The maximum atomic E-state index is 12.9. The molecule has 4 rings (SSSR count). The summed E-state index contributed by atoms with van der Waals surface area (Å²) < 4.78 is 16.9. The van der Waals surface area contributed by atoms with Gasteiger partial charge in [-0.1, -0.05) is 24.2 Å². The fraction of sp³-hybridized carbons (Fsp3) is 0.233. The minimum Gasteiger partial charge on any atom is -0.491 e. The molecule has 3 N–H and O–H groups in total. The molecule has 4 aromatic rings. The van der Waals surface area contributed by atoms with Crippen LogP contribution in [0.25, 0.3) is 10.9 Å². The third kappa shape index (κ3) is 8.15. The maximum Gasteiger partial charge on any atom is 0.246 e. The summed E-state index contributed by atoms with van der Waals surface area (Å²) in [4.78, 5) is 37.7. The van der Waals surface area contributed by atoms with Gasteiger partial charge in [0.05, 0.1) is 28.5 Å². The molecule has 2 aromatic carbocycles. The topological polar surface area (TPSA) is 137 Å². The predicted octanol–water partition coefficient (Wildman–Crippen LogP) is 5.05. The molecule has 218 valence electrons. The second-order valence-corrected chi connectivity index (χ2v) is 9.49. The molecule has 12 heteroatoms. The lowest BCUT2D eigenvalue weighted by molar-refractivity contribution is -0.123. The van der Waals surface area contributed by atoms with Gasteiger partial charge in [-0.05, 0) is 49.4 Å². The molecular formula is C30H31ClN6O5. The first-order chi connectivity index (χ1) is 20.4. The first-order valence-corrected chi connectivity index (χ1v) is 13.5. The number of carbonyl (C=O) groups excluding carboxylic acids is 2. The van der Waals surface area contributed by atoms with Crippen molar-refractivity contribution >= 4 is 51.5 Å². The average Bonchev–Trinajstić information content (AvgIpc) is 2.99. The van der Waals surface area contributed by atoms with Crippen molar-refractivity contribution in [3.63, 3.8) is 0 Å². The number of hydrogen-bond donors (Lipinski definition) is 3. The number of benzene rings is 2. The van der Waals surface area contributed by atoms with Gasteiger partial charge in [0.15, 0.2) is 0 Å².